The van der Waals surface area contributed by atoms with Crippen LogP contribution >= 0.6 is 23.2 Å². The molecule has 1 heterocycles. The largest absolute Gasteiger partial charge is 0.454 e. The van der Waals surface area contributed by atoms with Gasteiger partial charge < -0.3 is 14.8 Å². The molecule has 9 heteroatoms. The summed E-state index contributed by atoms with van der Waals surface area (Å²) >= 11 is 11.8. The van der Waals surface area contributed by atoms with Gasteiger partial charge >= 0.3 is 12.1 Å². The van der Waals surface area contributed by atoms with Crippen LogP contribution in [-0.4, -0.2) is 47.7 Å². The molecule has 0 spiro atoms. The second-order valence-corrected chi connectivity index (χ2v) is 7.96. The maximum absolute atomic E-state index is 12.3. The van der Waals surface area contributed by atoms with Crippen LogP contribution in [0, 0.1) is 0 Å². The lowest BCUT2D eigenvalue weighted by Crippen LogP contribution is -2.44. The van der Waals surface area contributed by atoms with E-state index < -0.39 is 36.2 Å². The first-order valence-electron chi connectivity index (χ1n) is 8.48. The Bertz CT molecular complexity index is 733. The minimum absolute atomic E-state index is 0.272. The van der Waals surface area contributed by atoms with E-state index in [1.165, 1.54) is 11.0 Å². The summed E-state index contributed by atoms with van der Waals surface area (Å²) in [6, 6.07) is 3.85. The maximum Gasteiger partial charge on any atom is 0.411 e. The van der Waals surface area contributed by atoms with Crippen molar-refractivity contribution in [3.63, 3.8) is 0 Å². The Morgan fingerprint density at radius 3 is 2.59 bits per heavy atom. The zero-order valence-corrected chi connectivity index (χ0v) is 16.9. The van der Waals surface area contributed by atoms with Gasteiger partial charge in [-0.1, -0.05) is 23.2 Å². The lowest BCUT2D eigenvalue weighted by atomic mass is 10.2. The van der Waals surface area contributed by atoms with Crippen LogP contribution < -0.4 is 5.32 Å². The van der Waals surface area contributed by atoms with Crippen LogP contribution in [0.3, 0.4) is 0 Å². The second-order valence-electron chi connectivity index (χ2n) is 7.11. The zero-order valence-electron chi connectivity index (χ0n) is 15.4. The molecule has 1 aromatic carbocycles. The monoisotopic (exact) mass is 416 g/mol. The topological polar surface area (TPSA) is 84.9 Å². The van der Waals surface area contributed by atoms with Crippen LogP contribution in [-0.2, 0) is 19.1 Å². The van der Waals surface area contributed by atoms with Gasteiger partial charge in [0.1, 0.15) is 11.6 Å². The molecule has 27 heavy (non-hydrogen) atoms. The summed E-state index contributed by atoms with van der Waals surface area (Å²) < 4.78 is 10.4. The number of benzene rings is 1. The second kappa shape index (κ2) is 8.80. The van der Waals surface area contributed by atoms with Gasteiger partial charge in [0, 0.05) is 11.6 Å². The van der Waals surface area contributed by atoms with Crippen molar-refractivity contribution in [2.45, 2.75) is 45.3 Å². The molecular weight excluding hydrogens is 395 g/mol. The Hall–Kier alpha value is -1.99. The Balaban J connectivity index is 1.88. The van der Waals surface area contributed by atoms with Crippen LogP contribution in [0.25, 0.3) is 0 Å². The molecule has 0 unspecified atom stereocenters. The first kappa shape index (κ1) is 21.3. The molecule has 2 rings (SSSR count). The Kier molecular flexibility index (Phi) is 6.95. The number of nitrogens with one attached hydrogen (secondary N) is 1. The van der Waals surface area contributed by atoms with E-state index in [1.807, 2.05) is 0 Å². The summed E-state index contributed by atoms with van der Waals surface area (Å²) in [5.41, 5.74) is -0.301. The quantitative estimate of drug-likeness (QED) is 0.752. The van der Waals surface area contributed by atoms with Gasteiger partial charge in [-0.3, -0.25) is 9.69 Å². The normalized spacial score (nSPS) is 16.8. The number of esters is 1. The van der Waals surface area contributed by atoms with Gasteiger partial charge in [-0.2, -0.15) is 0 Å². The fourth-order valence-corrected chi connectivity index (χ4v) is 3.02. The van der Waals surface area contributed by atoms with E-state index in [2.05, 4.69) is 5.32 Å². The number of nitrogens with zero attached hydrogens (tertiary/aromatic N) is 1. The number of carbonyl (C=O) groups excluding carboxylic acids is 3. The summed E-state index contributed by atoms with van der Waals surface area (Å²) in [7, 11) is 0. The van der Waals surface area contributed by atoms with Crippen molar-refractivity contribution in [2.75, 3.05) is 18.5 Å². The lowest BCUT2D eigenvalue weighted by Gasteiger charge is -2.27. The average Bonchev–Trinajstić information content (AvgIpc) is 3.03. The number of likely N-dealkylation sites (tertiary alicyclic amines) is 1. The number of hydrogen-bond donors (Lipinski definition) is 1. The number of ether oxygens (including phenoxy) is 2. The Morgan fingerprint density at radius 1 is 1.26 bits per heavy atom. The molecular formula is C18H22Cl2N2O5. The molecule has 0 aliphatic carbocycles. The van der Waals surface area contributed by atoms with Gasteiger partial charge in [0.05, 0.1) is 10.7 Å². The van der Waals surface area contributed by atoms with Crippen molar-refractivity contribution < 1.29 is 23.9 Å². The van der Waals surface area contributed by atoms with Gasteiger partial charge in [0.2, 0.25) is 0 Å². The van der Waals surface area contributed by atoms with Gasteiger partial charge in [-0.05, 0) is 51.8 Å². The zero-order chi connectivity index (χ0) is 20.2. The highest BCUT2D eigenvalue weighted by Crippen LogP contribution is 2.25. The van der Waals surface area contributed by atoms with Gasteiger partial charge in [0.25, 0.3) is 5.91 Å². The fourth-order valence-electron chi connectivity index (χ4n) is 2.56. The smallest absolute Gasteiger partial charge is 0.411 e. The van der Waals surface area contributed by atoms with Crippen LogP contribution in [0.15, 0.2) is 18.2 Å². The molecule has 148 valence electrons. The summed E-state index contributed by atoms with van der Waals surface area (Å²) in [5.74, 6) is -1.19. The van der Waals surface area contributed by atoms with E-state index in [0.717, 1.165) is 0 Å². The van der Waals surface area contributed by atoms with E-state index in [4.69, 9.17) is 32.7 Å². The number of anilines is 1. The molecule has 0 radical (unpaired) electrons. The number of amides is 2. The minimum Gasteiger partial charge on any atom is -0.454 e. The van der Waals surface area contributed by atoms with Gasteiger partial charge in [-0.25, -0.2) is 9.59 Å². The molecule has 2 amide bonds. The van der Waals surface area contributed by atoms with E-state index in [1.54, 1.807) is 32.9 Å². The summed E-state index contributed by atoms with van der Waals surface area (Å²) in [6.07, 6.45) is 0.549. The maximum atomic E-state index is 12.3. The highest BCUT2D eigenvalue weighted by Gasteiger charge is 2.37. The molecule has 7 nitrogen and oxygen atoms in total. The van der Waals surface area contributed by atoms with Gasteiger partial charge in [0.15, 0.2) is 6.61 Å². The third-order valence-corrected chi connectivity index (χ3v) is 4.25. The van der Waals surface area contributed by atoms with Gasteiger partial charge in [-0.15, -0.1) is 0 Å². The van der Waals surface area contributed by atoms with E-state index in [0.29, 0.717) is 30.1 Å². The van der Waals surface area contributed by atoms with Crippen LogP contribution in [0.2, 0.25) is 10.0 Å². The highest BCUT2D eigenvalue weighted by molar-refractivity contribution is 6.36. The molecule has 1 atom stereocenters. The Morgan fingerprint density at radius 2 is 1.96 bits per heavy atom. The third-order valence-electron chi connectivity index (χ3n) is 3.70. The first-order valence-corrected chi connectivity index (χ1v) is 9.23. The van der Waals surface area contributed by atoms with Crippen molar-refractivity contribution >= 4 is 46.9 Å². The lowest BCUT2D eigenvalue weighted by molar-refractivity contribution is -0.151. The molecule has 0 aromatic heterocycles. The summed E-state index contributed by atoms with van der Waals surface area (Å²) in [6.45, 7) is 5.17. The number of rotatable bonds is 4. The Labute approximate surface area is 167 Å². The third kappa shape index (κ3) is 6.29. The minimum atomic E-state index is -0.758. The molecule has 1 fully saturated rings. The van der Waals surface area contributed by atoms with Crippen molar-refractivity contribution in [1.82, 2.24) is 4.90 Å². The van der Waals surface area contributed by atoms with Crippen LogP contribution in [0.5, 0.6) is 0 Å². The molecule has 1 aromatic rings. The molecule has 1 aliphatic rings. The first-order chi connectivity index (χ1) is 12.6. The molecule has 0 bridgehead atoms. The fraction of sp³-hybridized carbons (Fsp3) is 0.500. The molecule has 1 aliphatic heterocycles. The number of halogens is 2. The van der Waals surface area contributed by atoms with Crippen LogP contribution in [0.4, 0.5) is 10.5 Å². The van der Waals surface area contributed by atoms with Crippen molar-refractivity contribution in [3.8, 4) is 0 Å². The highest BCUT2D eigenvalue weighted by atomic mass is 35.5. The number of hydrogen-bond acceptors (Lipinski definition) is 5. The van der Waals surface area contributed by atoms with Crippen LogP contribution in [0.1, 0.15) is 33.6 Å². The van der Waals surface area contributed by atoms with E-state index in [9.17, 15) is 14.4 Å². The van der Waals surface area contributed by atoms with E-state index >= 15 is 0 Å². The SMILES string of the molecule is CC(C)(C)OC(=O)N1CCC[C@H]1C(=O)OCC(=O)Nc1ccc(Cl)cc1Cl. The summed E-state index contributed by atoms with van der Waals surface area (Å²) in [5, 5.41) is 3.25. The molecule has 0 saturated carbocycles. The summed E-state index contributed by atoms with van der Waals surface area (Å²) in [4.78, 5) is 37.8. The average molecular weight is 417 g/mol. The molecule has 1 saturated heterocycles. The van der Waals surface area contributed by atoms with Crippen molar-refractivity contribution in [1.29, 1.82) is 0 Å². The van der Waals surface area contributed by atoms with Crippen molar-refractivity contribution in [2.24, 2.45) is 0 Å². The van der Waals surface area contributed by atoms with Crippen molar-refractivity contribution in [3.05, 3.63) is 28.2 Å². The molecule has 1 N–H and O–H groups in total. The standard InChI is InChI=1S/C18H22Cl2N2O5/c1-18(2,3)27-17(25)22-8-4-5-14(22)16(24)26-10-15(23)21-13-7-6-11(19)9-12(13)20/h6-7,9,14H,4-5,8,10H2,1-3H3,(H,21,23)/t14-/m0/s1. The predicted molar refractivity (Wildman–Crippen MR) is 102 cm³/mol. The van der Waals surface area contributed by atoms with E-state index in [-0.39, 0.29) is 5.02 Å². The number of carbonyl (C=O) groups is 3. The predicted octanol–water partition coefficient (Wildman–Crippen LogP) is 3.87.